The molecule has 0 bridgehead atoms. The van der Waals surface area contributed by atoms with E-state index in [1.54, 1.807) is 12.3 Å². The van der Waals surface area contributed by atoms with Crippen LogP contribution in [0.4, 0.5) is 0 Å². The predicted octanol–water partition coefficient (Wildman–Crippen LogP) is 4.11. The third-order valence-electron chi connectivity index (χ3n) is 3.35. The Hall–Kier alpha value is -1.000. The molecule has 0 radical (unpaired) electrons. The number of halogens is 2. The Bertz CT molecular complexity index is 543. The van der Waals surface area contributed by atoms with Gasteiger partial charge in [-0.05, 0) is 30.3 Å². The monoisotopic (exact) mass is 312 g/mol. The topological polar surface area (TPSA) is 42.4 Å². The van der Waals surface area contributed by atoms with Crippen LogP contribution >= 0.6 is 23.2 Å². The lowest BCUT2D eigenvalue weighted by Gasteiger charge is -2.30. The lowest BCUT2D eigenvalue weighted by molar-refractivity contribution is 0.188. The van der Waals surface area contributed by atoms with Gasteiger partial charge in [0.25, 0.3) is 0 Å². The Labute approximate surface area is 129 Å². The molecule has 2 N–H and O–H groups in total. The van der Waals surface area contributed by atoms with Crippen LogP contribution in [0.2, 0.25) is 10.0 Å². The zero-order valence-corrected chi connectivity index (χ0v) is 12.9. The van der Waals surface area contributed by atoms with Crippen molar-refractivity contribution in [1.82, 2.24) is 4.90 Å². The molecule has 1 aromatic heterocycles. The van der Waals surface area contributed by atoms with Crippen molar-refractivity contribution in [3.8, 4) is 0 Å². The number of nitrogens with zero attached hydrogens (tertiary/aromatic N) is 1. The van der Waals surface area contributed by atoms with Crippen LogP contribution in [-0.2, 0) is 6.54 Å². The summed E-state index contributed by atoms with van der Waals surface area (Å²) in [4.78, 5) is 2.22. The molecule has 0 amide bonds. The maximum Gasteiger partial charge on any atom is 0.117 e. The molecule has 1 heterocycles. The number of likely N-dealkylation sites (N-methyl/N-ethyl adjacent to an activating group) is 1. The average Bonchev–Trinajstić information content (AvgIpc) is 2.96. The van der Waals surface area contributed by atoms with E-state index in [4.69, 9.17) is 33.4 Å². The zero-order chi connectivity index (χ0) is 14.5. The van der Waals surface area contributed by atoms with Gasteiger partial charge in [-0.3, -0.25) is 4.90 Å². The Kier molecular flexibility index (Phi) is 5.49. The summed E-state index contributed by atoms with van der Waals surface area (Å²) < 4.78 is 5.41. The van der Waals surface area contributed by atoms with Gasteiger partial charge in [-0.25, -0.2) is 0 Å². The van der Waals surface area contributed by atoms with Crippen LogP contribution in [0.5, 0.6) is 0 Å². The molecule has 1 unspecified atom stereocenters. The van der Waals surface area contributed by atoms with Gasteiger partial charge < -0.3 is 10.2 Å². The van der Waals surface area contributed by atoms with Gasteiger partial charge in [0.05, 0.1) is 22.9 Å². The lowest BCUT2D eigenvalue weighted by Crippen LogP contribution is -2.33. The van der Waals surface area contributed by atoms with Crippen LogP contribution in [0.15, 0.2) is 41.0 Å². The second-order valence-electron chi connectivity index (χ2n) is 4.54. The largest absolute Gasteiger partial charge is 0.468 e. The molecule has 0 spiro atoms. The van der Waals surface area contributed by atoms with Gasteiger partial charge in [-0.2, -0.15) is 0 Å². The summed E-state index contributed by atoms with van der Waals surface area (Å²) >= 11 is 12.4. The highest BCUT2D eigenvalue weighted by atomic mass is 35.5. The highest BCUT2D eigenvalue weighted by Crippen LogP contribution is 2.32. The highest BCUT2D eigenvalue weighted by Gasteiger charge is 2.22. The summed E-state index contributed by atoms with van der Waals surface area (Å²) in [5.41, 5.74) is 6.91. The number of nitrogens with two attached hydrogens (primary N) is 1. The van der Waals surface area contributed by atoms with Gasteiger partial charge in [-0.15, -0.1) is 0 Å². The summed E-state index contributed by atoms with van der Waals surface area (Å²) in [6, 6.07) is 9.49. The van der Waals surface area contributed by atoms with Crippen LogP contribution < -0.4 is 5.73 Å². The number of furan rings is 1. The first-order chi connectivity index (χ1) is 9.67. The van der Waals surface area contributed by atoms with Gasteiger partial charge in [0.1, 0.15) is 5.76 Å². The van der Waals surface area contributed by atoms with Crippen molar-refractivity contribution in [3.05, 3.63) is 58.0 Å². The van der Waals surface area contributed by atoms with Crippen molar-refractivity contribution < 1.29 is 4.42 Å². The van der Waals surface area contributed by atoms with E-state index in [1.165, 1.54) is 0 Å². The SMILES string of the molecule is CCN(Cc1ccco1)C(CN)c1cccc(Cl)c1Cl. The molecule has 5 heteroatoms. The molecule has 0 saturated carbocycles. The summed E-state index contributed by atoms with van der Waals surface area (Å²) in [6.07, 6.45) is 1.67. The molecule has 1 atom stereocenters. The Morgan fingerprint density at radius 2 is 2.05 bits per heavy atom. The molecule has 0 saturated heterocycles. The second-order valence-corrected chi connectivity index (χ2v) is 5.32. The molecule has 108 valence electrons. The second kappa shape index (κ2) is 7.14. The van der Waals surface area contributed by atoms with Crippen LogP contribution in [0.1, 0.15) is 24.3 Å². The number of benzene rings is 1. The molecule has 1 aromatic carbocycles. The predicted molar refractivity (Wildman–Crippen MR) is 83.0 cm³/mol. The summed E-state index contributed by atoms with van der Waals surface area (Å²) in [5, 5.41) is 1.12. The van der Waals surface area contributed by atoms with E-state index in [2.05, 4.69) is 11.8 Å². The fourth-order valence-corrected chi connectivity index (χ4v) is 2.73. The van der Waals surface area contributed by atoms with E-state index >= 15 is 0 Å². The van der Waals surface area contributed by atoms with Crippen molar-refractivity contribution >= 4 is 23.2 Å². The third kappa shape index (κ3) is 3.36. The van der Waals surface area contributed by atoms with Crippen molar-refractivity contribution in [1.29, 1.82) is 0 Å². The Morgan fingerprint density at radius 1 is 1.25 bits per heavy atom. The molecular formula is C15H18Cl2N2O. The normalized spacial score (nSPS) is 12.8. The first-order valence-corrected chi connectivity index (χ1v) is 7.33. The van der Waals surface area contributed by atoms with Crippen molar-refractivity contribution in [2.75, 3.05) is 13.1 Å². The molecule has 0 aliphatic heterocycles. The van der Waals surface area contributed by atoms with E-state index in [-0.39, 0.29) is 6.04 Å². The molecule has 0 aliphatic rings. The molecule has 20 heavy (non-hydrogen) atoms. The number of hydrogen-bond acceptors (Lipinski definition) is 3. The fourth-order valence-electron chi connectivity index (χ4n) is 2.30. The van der Waals surface area contributed by atoms with Gasteiger partial charge in [0, 0.05) is 12.6 Å². The van der Waals surface area contributed by atoms with E-state index in [1.807, 2.05) is 24.3 Å². The minimum absolute atomic E-state index is 0.0105. The van der Waals surface area contributed by atoms with E-state index < -0.39 is 0 Å². The summed E-state index contributed by atoms with van der Waals surface area (Å²) in [6.45, 7) is 4.08. The molecule has 2 aromatic rings. The molecular weight excluding hydrogens is 295 g/mol. The maximum absolute atomic E-state index is 6.31. The van der Waals surface area contributed by atoms with Crippen LogP contribution in [-0.4, -0.2) is 18.0 Å². The van der Waals surface area contributed by atoms with Gasteiger partial charge >= 0.3 is 0 Å². The fraction of sp³-hybridized carbons (Fsp3) is 0.333. The molecule has 3 nitrogen and oxygen atoms in total. The van der Waals surface area contributed by atoms with Crippen molar-refractivity contribution in [2.45, 2.75) is 19.5 Å². The standard InChI is InChI=1S/C15H18Cl2N2O/c1-2-19(10-11-5-4-8-20-11)14(9-18)12-6-3-7-13(16)15(12)17/h3-8,14H,2,9-10,18H2,1H3. The highest BCUT2D eigenvalue weighted by molar-refractivity contribution is 6.42. The summed E-state index contributed by atoms with van der Waals surface area (Å²) in [7, 11) is 0. The number of rotatable bonds is 6. The lowest BCUT2D eigenvalue weighted by atomic mass is 10.0. The quantitative estimate of drug-likeness (QED) is 0.873. The third-order valence-corrected chi connectivity index (χ3v) is 4.18. The minimum atomic E-state index is 0.0105. The van der Waals surface area contributed by atoms with E-state index in [0.29, 0.717) is 23.1 Å². The van der Waals surface area contributed by atoms with Crippen molar-refractivity contribution in [3.63, 3.8) is 0 Å². The summed E-state index contributed by atoms with van der Waals surface area (Å²) in [5.74, 6) is 0.906. The Balaban J connectivity index is 2.27. The Morgan fingerprint density at radius 3 is 2.65 bits per heavy atom. The van der Waals surface area contributed by atoms with Crippen LogP contribution in [0.25, 0.3) is 0 Å². The molecule has 2 rings (SSSR count). The van der Waals surface area contributed by atoms with Gasteiger partial charge in [0.2, 0.25) is 0 Å². The minimum Gasteiger partial charge on any atom is -0.468 e. The maximum atomic E-state index is 6.31. The van der Waals surface area contributed by atoms with E-state index in [0.717, 1.165) is 17.9 Å². The zero-order valence-electron chi connectivity index (χ0n) is 11.4. The van der Waals surface area contributed by atoms with Crippen LogP contribution in [0.3, 0.4) is 0 Å². The van der Waals surface area contributed by atoms with Crippen molar-refractivity contribution in [2.24, 2.45) is 5.73 Å². The number of hydrogen-bond donors (Lipinski definition) is 1. The molecule has 0 fully saturated rings. The van der Waals surface area contributed by atoms with Gasteiger partial charge in [-0.1, -0.05) is 42.3 Å². The molecule has 0 aliphatic carbocycles. The smallest absolute Gasteiger partial charge is 0.117 e. The first kappa shape index (κ1) is 15.4. The average molecular weight is 313 g/mol. The van der Waals surface area contributed by atoms with Gasteiger partial charge in [0.15, 0.2) is 0 Å². The van der Waals surface area contributed by atoms with E-state index in [9.17, 15) is 0 Å². The first-order valence-electron chi connectivity index (χ1n) is 6.57. The van der Waals surface area contributed by atoms with Crippen LogP contribution in [0, 0.1) is 0 Å².